The van der Waals surface area contributed by atoms with Crippen molar-refractivity contribution in [2.24, 2.45) is 5.92 Å². The summed E-state index contributed by atoms with van der Waals surface area (Å²) in [6, 6.07) is 8.63. The molecule has 1 saturated heterocycles. The molecule has 7 nitrogen and oxygen atoms in total. The Balaban J connectivity index is 1.77. The molecule has 1 N–H and O–H groups in total. The summed E-state index contributed by atoms with van der Waals surface area (Å²) in [6.45, 7) is 2.97. The molecule has 2 aromatic heterocycles. The summed E-state index contributed by atoms with van der Waals surface area (Å²) in [4.78, 5) is 23.3. The van der Waals surface area contributed by atoms with E-state index in [9.17, 15) is 13.2 Å². The molecular weight excluding hydrogens is 352 g/mol. The Kier molecular flexibility index (Phi) is 5.22. The van der Waals surface area contributed by atoms with Crippen LogP contribution in [0.5, 0.6) is 0 Å². The van der Waals surface area contributed by atoms with E-state index in [-0.39, 0.29) is 16.7 Å². The van der Waals surface area contributed by atoms with E-state index in [0.29, 0.717) is 24.7 Å². The minimum atomic E-state index is -3.39. The van der Waals surface area contributed by atoms with Crippen LogP contribution < -0.4 is 10.2 Å². The molecule has 0 spiro atoms. The molecule has 3 heterocycles. The predicted molar refractivity (Wildman–Crippen MR) is 99.9 cm³/mol. The van der Waals surface area contributed by atoms with Gasteiger partial charge in [-0.25, -0.2) is 18.4 Å². The van der Waals surface area contributed by atoms with Gasteiger partial charge in [0.05, 0.1) is 5.92 Å². The van der Waals surface area contributed by atoms with E-state index in [1.807, 2.05) is 24.0 Å². The average molecular weight is 374 g/mol. The van der Waals surface area contributed by atoms with Gasteiger partial charge in [-0.15, -0.1) is 0 Å². The topological polar surface area (TPSA) is 92.3 Å². The van der Waals surface area contributed by atoms with Gasteiger partial charge in [-0.1, -0.05) is 6.07 Å². The quantitative estimate of drug-likeness (QED) is 0.880. The Morgan fingerprint density at radius 2 is 2.08 bits per heavy atom. The number of pyridine rings is 2. The van der Waals surface area contributed by atoms with Gasteiger partial charge in [0.25, 0.3) is 0 Å². The SMILES string of the molecule is Cc1cccc(NC(=O)C2CCCN(c3ncccc3S(C)(=O)=O)C2)n1. The second kappa shape index (κ2) is 7.41. The summed E-state index contributed by atoms with van der Waals surface area (Å²) in [6.07, 6.45) is 4.28. The van der Waals surface area contributed by atoms with Crippen LogP contribution in [-0.2, 0) is 14.6 Å². The molecule has 1 amide bonds. The lowest BCUT2D eigenvalue weighted by molar-refractivity contribution is -0.120. The lowest BCUT2D eigenvalue weighted by Crippen LogP contribution is -2.41. The fraction of sp³-hybridized carbons (Fsp3) is 0.389. The first kappa shape index (κ1) is 18.3. The molecule has 0 bridgehead atoms. The van der Waals surface area contributed by atoms with E-state index < -0.39 is 9.84 Å². The molecule has 1 aliphatic rings. The van der Waals surface area contributed by atoms with Gasteiger partial charge in [0.1, 0.15) is 16.5 Å². The maximum Gasteiger partial charge on any atom is 0.230 e. The van der Waals surface area contributed by atoms with Crippen LogP contribution >= 0.6 is 0 Å². The average Bonchev–Trinajstić information content (AvgIpc) is 2.61. The van der Waals surface area contributed by atoms with Crippen LogP contribution in [0.3, 0.4) is 0 Å². The summed E-state index contributed by atoms with van der Waals surface area (Å²) in [5.41, 5.74) is 0.833. The third-order valence-corrected chi connectivity index (χ3v) is 5.50. The number of anilines is 2. The number of aromatic nitrogens is 2. The maximum absolute atomic E-state index is 12.6. The summed E-state index contributed by atoms with van der Waals surface area (Å²) >= 11 is 0. The van der Waals surface area contributed by atoms with E-state index in [0.717, 1.165) is 18.5 Å². The largest absolute Gasteiger partial charge is 0.355 e. The molecule has 1 unspecified atom stereocenters. The smallest absolute Gasteiger partial charge is 0.230 e. The zero-order valence-corrected chi connectivity index (χ0v) is 15.7. The van der Waals surface area contributed by atoms with Gasteiger partial charge in [-0.3, -0.25) is 4.79 Å². The van der Waals surface area contributed by atoms with Gasteiger partial charge in [-0.05, 0) is 44.0 Å². The summed E-state index contributed by atoms with van der Waals surface area (Å²) < 4.78 is 24.1. The molecule has 1 atom stereocenters. The predicted octanol–water partition coefficient (Wildman–Crippen LogP) is 2.04. The Bertz CT molecular complexity index is 914. The van der Waals surface area contributed by atoms with Crippen LogP contribution in [0.15, 0.2) is 41.4 Å². The highest BCUT2D eigenvalue weighted by Gasteiger charge is 2.29. The van der Waals surface area contributed by atoms with Crippen molar-refractivity contribution >= 4 is 27.4 Å². The number of sulfone groups is 1. The zero-order chi connectivity index (χ0) is 18.7. The molecule has 26 heavy (non-hydrogen) atoms. The number of nitrogens with one attached hydrogen (secondary N) is 1. The molecule has 0 aromatic carbocycles. The van der Waals surface area contributed by atoms with E-state index >= 15 is 0 Å². The monoisotopic (exact) mass is 374 g/mol. The normalized spacial score (nSPS) is 17.8. The molecule has 1 aliphatic heterocycles. The van der Waals surface area contributed by atoms with Crippen molar-refractivity contribution in [2.75, 3.05) is 29.6 Å². The second-order valence-electron chi connectivity index (χ2n) is 6.54. The van der Waals surface area contributed by atoms with Gasteiger partial charge in [0.15, 0.2) is 9.84 Å². The fourth-order valence-corrected chi connectivity index (χ4v) is 3.97. The number of carbonyl (C=O) groups excluding carboxylic acids is 1. The molecule has 3 rings (SSSR count). The first-order valence-corrected chi connectivity index (χ1v) is 10.4. The summed E-state index contributed by atoms with van der Waals surface area (Å²) in [7, 11) is -3.39. The van der Waals surface area contributed by atoms with Crippen LogP contribution in [-0.4, -0.2) is 43.6 Å². The van der Waals surface area contributed by atoms with Crippen LogP contribution in [0.25, 0.3) is 0 Å². The minimum Gasteiger partial charge on any atom is -0.355 e. The molecule has 0 aliphatic carbocycles. The third-order valence-electron chi connectivity index (χ3n) is 4.38. The van der Waals surface area contributed by atoms with Crippen molar-refractivity contribution < 1.29 is 13.2 Å². The highest BCUT2D eigenvalue weighted by atomic mass is 32.2. The van der Waals surface area contributed by atoms with Gasteiger partial charge < -0.3 is 10.2 Å². The maximum atomic E-state index is 12.6. The minimum absolute atomic E-state index is 0.107. The van der Waals surface area contributed by atoms with Gasteiger partial charge in [0.2, 0.25) is 5.91 Å². The standard InChI is InChI=1S/C18H22N4O3S/c1-13-6-3-9-16(20-13)21-18(23)14-7-5-11-22(12-14)17-15(26(2,24)25)8-4-10-19-17/h3-4,6,8-10,14H,5,7,11-12H2,1-2H3,(H,20,21,23). The van der Waals surface area contributed by atoms with E-state index in [1.165, 1.54) is 6.26 Å². The highest BCUT2D eigenvalue weighted by molar-refractivity contribution is 7.90. The van der Waals surface area contributed by atoms with Crippen LogP contribution in [0.2, 0.25) is 0 Å². The molecule has 138 valence electrons. The Hall–Kier alpha value is -2.48. The lowest BCUT2D eigenvalue weighted by Gasteiger charge is -2.33. The van der Waals surface area contributed by atoms with Crippen LogP contribution in [0.4, 0.5) is 11.6 Å². The Morgan fingerprint density at radius 1 is 1.27 bits per heavy atom. The fourth-order valence-electron chi connectivity index (χ4n) is 3.13. The van der Waals surface area contributed by atoms with Gasteiger partial charge >= 0.3 is 0 Å². The number of aryl methyl sites for hydroxylation is 1. The van der Waals surface area contributed by atoms with Crippen LogP contribution in [0.1, 0.15) is 18.5 Å². The molecular formula is C18H22N4O3S. The Morgan fingerprint density at radius 3 is 2.81 bits per heavy atom. The lowest BCUT2D eigenvalue weighted by atomic mass is 9.97. The number of amides is 1. The number of hydrogen-bond acceptors (Lipinski definition) is 6. The molecule has 1 fully saturated rings. The molecule has 2 aromatic rings. The second-order valence-corrected chi connectivity index (χ2v) is 8.52. The Labute approximate surface area is 153 Å². The number of carbonyl (C=O) groups is 1. The first-order valence-electron chi connectivity index (χ1n) is 8.49. The number of piperidine rings is 1. The number of rotatable bonds is 4. The van der Waals surface area contributed by atoms with Crippen molar-refractivity contribution in [3.05, 3.63) is 42.2 Å². The molecule has 8 heteroatoms. The molecule has 0 radical (unpaired) electrons. The van der Waals surface area contributed by atoms with Crippen molar-refractivity contribution in [1.82, 2.24) is 9.97 Å². The first-order chi connectivity index (χ1) is 12.3. The number of nitrogens with zero attached hydrogens (tertiary/aromatic N) is 3. The van der Waals surface area contributed by atoms with Gasteiger partial charge in [0, 0.05) is 31.2 Å². The number of hydrogen-bond donors (Lipinski definition) is 1. The highest BCUT2D eigenvalue weighted by Crippen LogP contribution is 2.27. The van der Waals surface area contributed by atoms with E-state index in [2.05, 4.69) is 15.3 Å². The zero-order valence-electron chi connectivity index (χ0n) is 14.8. The van der Waals surface area contributed by atoms with Crippen molar-refractivity contribution in [2.45, 2.75) is 24.7 Å². The van der Waals surface area contributed by atoms with E-state index in [4.69, 9.17) is 0 Å². The van der Waals surface area contributed by atoms with E-state index in [1.54, 1.807) is 24.4 Å². The summed E-state index contributed by atoms with van der Waals surface area (Å²) in [5, 5.41) is 2.85. The van der Waals surface area contributed by atoms with Crippen LogP contribution in [0, 0.1) is 12.8 Å². The van der Waals surface area contributed by atoms with Crippen molar-refractivity contribution in [3.8, 4) is 0 Å². The van der Waals surface area contributed by atoms with Crippen molar-refractivity contribution in [1.29, 1.82) is 0 Å². The summed E-state index contributed by atoms with van der Waals surface area (Å²) in [5.74, 6) is 0.591. The van der Waals surface area contributed by atoms with Gasteiger partial charge in [-0.2, -0.15) is 0 Å². The van der Waals surface area contributed by atoms with Crippen molar-refractivity contribution in [3.63, 3.8) is 0 Å². The third kappa shape index (κ3) is 4.19. The molecule has 0 saturated carbocycles.